The molecule has 2 aromatic carbocycles. The van der Waals surface area contributed by atoms with Crippen LogP contribution >= 0.6 is 11.6 Å². The molecule has 1 amide bonds. The van der Waals surface area contributed by atoms with Crippen molar-refractivity contribution in [2.24, 2.45) is 5.92 Å². The summed E-state index contributed by atoms with van der Waals surface area (Å²) in [6, 6.07) is 14.8. The van der Waals surface area contributed by atoms with Gasteiger partial charge < -0.3 is 9.30 Å². The number of nitrogens with one attached hydrogen (secondary N) is 1. The number of nitrogens with zero attached hydrogens (tertiary/aromatic N) is 2. The number of rotatable bonds is 7. The van der Waals surface area contributed by atoms with Gasteiger partial charge in [-0.05, 0) is 70.7 Å². The van der Waals surface area contributed by atoms with Gasteiger partial charge >= 0.3 is 6.09 Å². The van der Waals surface area contributed by atoms with E-state index >= 15 is 0 Å². The highest BCUT2D eigenvalue weighted by atomic mass is 35.5. The van der Waals surface area contributed by atoms with E-state index in [-0.39, 0.29) is 14.8 Å². The molecule has 1 fully saturated rings. The number of sulfonamides is 1. The molecule has 2 heterocycles. The predicted octanol–water partition coefficient (Wildman–Crippen LogP) is 7.10. The van der Waals surface area contributed by atoms with Gasteiger partial charge in [0.1, 0.15) is 15.4 Å². The van der Waals surface area contributed by atoms with Gasteiger partial charge in [0.25, 0.3) is 20.0 Å². The number of hydrogen-bond acceptors (Lipinski definition) is 6. The summed E-state index contributed by atoms with van der Waals surface area (Å²) in [6.07, 6.45) is 5.84. The zero-order valence-electron chi connectivity index (χ0n) is 24.6. The number of para-hydroxylation sites is 1. The molecule has 1 aliphatic rings. The first-order chi connectivity index (χ1) is 20.2. The number of benzene rings is 2. The van der Waals surface area contributed by atoms with E-state index in [2.05, 4.69) is 0 Å². The minimum Gasteiger partial charge on any atom is -0.443 e. The Kier molecular flexibility index (Phi) is 8.45. The van der Waals surface area contributed by atoms with Crippen molar-refractivity contribution in [1.82, 2.24) is 13.3 Å². The molecule has 5 rings (SSSR count). The lowest BCUT2D eigenvalue weighted by Gasteiger charge is -2.24. The third-order valence-corrected chi connectivity index (χ3v) is 11.3. The van der Waals surface area contributed by atoms with Crippen molar-refractivity contribution in [2.45, 2.75) is 81.7 Å². The van der Waals surface area contributed by atoms with E-state index in [1.165, 1.54) is 34.8 Å². The van der Waals surface area contributed by atoms with Crippen LogP contribution in [0.3, 0.4) is 0 Å². The molecule has 1 aliphatic carbocycles. The van der Waals surface area contributed by atoms with Crippen molar-refractivity contribution in [3.63, 3.8) is 0 Å². The summed E-state index contributed by atoms with van der Waals surface area (Å²) in [7, 11) is -8.43. The van der Waals surface area contributed by atoms with Crippen molar-refractivity contribution in [3.05, 3.63) is 71.5 Å². The first kappa shape index (κ1) is 31.2. The van der Waals surface area contributed by atoms with Crippen molar-refractivity contribution in [1.29, 1.82) is 0 Å². The lowest BCUT2D eigenvalue weighted by atomic mass is 9.89. The smallest absolute Gasteiger partial charge is 0.421 e. The Labute approximate surface area is 257 Å². The molecule has 1 saturated carbocycles. The highest BCUT2D eigenvalue weighted by Crippen LogP contribution is 2.38. The average molecular weight is 646 g/mol. The van der Waals surface area contributed by atoms with Crippen molar-refractivity contribution in [2.75, 3.05) is 0 Å². The summed E-state index contributed by atoms with van der Waals surface area (Å²) >= 11 is 6.32. The quantitative estimate of drug-likeness (QED) is 0.229. The minimum atomic E-state index is -4.32. The van der Waals surface area contributed by atoms with Crippen LogP contribution in [0.5, 0.6) is 0 Å². The zero-order chi connectivity index (χ0) is 31.2. The van der Waals surface area contributed by atoms with E-state index in [4.69, 9.17) is 16.3 Å². The van der Waals surface area contributed by atoms with Crippen LogP contribution in [0.4, 0.5) is 4.79 Å². The summed E-state index contributed by atoms with van der Waals surface area (Å²) in [5.41, 5.74) is 1.07. The van der Waals surface area contributed by atoms with Crippen molar-refractivity contribution in [3.8, 4) is 11.3 Å². The number of halogens is 1. The molecule has 9 nitrogen and oxygen atoms in total. The molecule has 43 heavy (non-hydrogen) atoms. The number of amides is 1. The van der Waals surface area contributed by atoms with Gasteiger partial charge in [-0.15, -0.1) is 0 Å². The predicted molar refractivity (Wildman–Crippen MR) is 167 cm³/mol. The monoisotopic (exact) mass is 645 g/mol. The highest BCUT2D eigenvalue weighted by molar-refractivity contribution is 7.90. The first-order valence-corrected chi connectivity index (χ1v) is 17.6. The van der Waals surface area contributed by atoms with E-state index in [1.807, 2.05) is 15.4 Å². The van der Waals surface area contributed by atoms with E-state index in [0.717, 1.165) is 25.7 Å². The summed E-state index contributed by atoms with van der Waals surface area (Å²) in [5.74, 6) is 0.327. The topological polar surface area (TPSA) is 116 Å². The third kappa shape index (κ3) is 6.34. The lowest BCUT2D eigenvalue weighted by Crippen LogP contribution is -2.36. The third-order valence-electron chi connectivity index (χ3n) is 7.72. The Morgan fingerprint density at radius 1 is 0.977 bits per heavy atom. The largest absolute Gasteiger partial charge is 0.443 e. The Bertz CT molecular complexity index is 1900. The molecule has 0 bridgehead atoms. The minimum absolute atomic E-state index is 0.0393. The van der Waals surface area contributed by atoms with Gasteiger partial charge in [0.05, 0.1) is 16.2 Å². The van der Waals surface area contributed by atoms with Gasteiger partial charge in [-0.1, -0.05) is 61.2 Å². The van der Waals surface area contributed by atoms with Gasteiger partial charge in [0.15, 0.2) is 0 Å². The molecule has 0 aliphatic heterocycles. The molecule has 12 heteroatoms. The first-order valence-electron chi connectivity index (χ1n) is 14.3. The van der Waals surface area contributed by atoms with Crippen LogP contribution in [-0.4, -0.2) is 37.1 Å². The standard InChI is InChI=1S/C31H36ClN3O6S2/c1-21-29(42(37,38)33-30(36)41-31(2,3)4)18-27(34(21)19-22-12-6-5-7-13-22)24-20-35(26-16-10-8-14-23(24)26)43(39,40)28-17-11-9-15-25(28)32/h8-11,14-18,20,22H,5-7,12-13,19H2,1-4H3,(H,33,36). The van der Waals surface area contributed by atoms with Gasteiger partial charge in [0, 0.05) is 29.4 Å². The zero-order valence-corrected chi connectivity index (χ0v) is 27.0. The number of carbonyl (C=O) groups excluding carboxylic acids is 1. The molecule has 0 spiro atoms. The fraction of sp³-hybridized carbons (Fsp3) is 0.387. The Balaban J connectivity index is 1.69. The molecule has 4 aromatic rings. The molecule has 230 valence electrons. The second-order valence-corrected chi connectivity index (χ2v) is 15.8. The highest BCUT2D eigenvalue weighted by Gasteiger charge is 2.31. The molecule has 0 saturated heterocycles. The van der Waals surface area contributed by atoms with Crippen molar-refractivity contribution < 1.29 is 26.4 Å². The Morgan fingerprint density at radius 2 is 1.63 bits per heavy atom. The summed E-state index contributed by atoms with van der Waals surface area (Å²) in [6.45, 7) is 7.20. The maximum atomic E-state index is 13.9. The number of carbonyl (C=O) groups is 1. The van der Waals surface area contributed by atoms with Crippen molar-refractivity contribution >= 4 is 48.6 Å². The second kappa shape index (κ2) is 11.7. The van der Waals surface area contributed by atoms with Gasteiger partial charge in [0.2, 0.25) is 0 Å². The SMILES string of the molecule is Cc1c(S(=O)(=O)NC(=O)OC(C)(C)C)cc(-c2cn(S(=O)(=O)c3ccccc3Cl)c3ccccc23)n1CC1CCCCC1. The van der Waals surface area contributed by atoms with Crippen LogP contribution in [0.2, 0.25) is 5.02 Å². The molecule has 1 N–H and O–H groups in total. The Hall–Kier alpha value is -3.28. The van der Waals surface area contributed by atoms with E-state index in [1.54, 1.807) is 58.0 Å². The molecule has 0 unspecified atom stereocenters. The lowest BCUT2D eigenvalue weighted by molar-refractivity contribution is 0.0570. The van der Waals surface area contributed by atoms with Gasteiger partial charge in [-0.3, -0.25) is 0 Å². The summed E-state index contributed by atoms with van der Waals surface area (Å²) < 4.78 is 65.3. The van der Waals surface area contributed by atoms with Crippen LogP contribution in [0.1, 0.15) is 58.6 Å². The van der Waals surface area contributed by atoms with Crippen LogP contribution in [0.25, 0.3) is 22.2 Å². The van der Waals surface area contributed by atoms with Crippen LogP contribution in [-0.2, 0) is 31.3 Å². The normalized spacial score (nSPS) is 15.1. The molecule has 0 atom stereocenters. The van der Waals surface area contributed by atoms with E-state index < -0.39 is 31.7 Å². The molecule has 2 aromatic heterocycles. The second-order valence-electron chi connectivity index (χ2n) is 12.0. The number of aromatic nitrogens is 2. The maximum absolute atomic E-state index is 13.9. The Morgan fingerprint density at radius 3 is 2.30 bits per heavy atom. The van der Waals surface area contributed by atoms with E-state index in [9.17, 15) is 21.6 Å². The molecule has 0 radical (unpaired) electrons. The molecular weight excluding hydrogens is 610 g/mol. The van der Waals surface area contributed by atoms with Crippen LogP contribution < -0.4 is 4.72 Å². The van der Waals surface area contributed by atoms with E-state index in [0.29, 0.717) is 40.3 Å². The maximum Gasteiger partial charge on any atom is 0.421 e. The number of hydrogen-bond donors (Lipinski definition) is 1. The molecular formula is C31H36ClN3O6S2. The summed E-state index contributed by atoms with van der Waals surface area (Å²) in [5, 5.41) is 0.726. The van der Waals surface area contributed by atoms with Crippen LogP contribution in [0.15, 0.2) is 70.6 Å². The average Bonchev–Trinajstić information content (AvgIpc) is 3.47. The number of fused-ring (bicyclic) bond motifs is 1. The summed E-state index contributed by atoms with van der Waals surface area (Å²) in [4.78, 5) is 12.4. The van der Waals surface area contributed by atoms with Gasteiger partial charge in [-0.2, -0.15) is 0 Å². The fourth-order valence-corrected chi connectivity index (χ4v) is 8.76. The van der Waals surface area contributed by atoms with Crippen LogP contribution in [0, 0.1) is 12.8 Å². The number of ether oxygens (including phenoxy) is 1. The van der Waals surface area contributed by atoms with Gasteiger partial charge in [-0.25, -0.2) is 30.3 Å². The fourth-order valence-electron chi connectivity index (χ4n) is 5.75.